The number of rotatable bonds is 4. The van der Waals surface area contributed by atoms with E-state index in [9.17, 15) is 0 Å². The molecule has 0 aliphatic rings. The van der Waals surface area contributed by atoms with Crippen molar-refractivity contribution >= 4 is 27.5 Å². The molecule has 15 heavy (non-hydrogen) atoms. The van der Waals surface area contributed by atoms with Crippen molar-refractivity contribution < 1.29 is 0 Å². The first-order valence-corrected chi connectivity index (χ1v) is 6.30. The highest BCUT2D eigenvalue weighted by atomic mass is 79.9. The molecule has 0 atom stereocenters. The van der Waals surface area contributed by atoms with Crippen LogP contribution in [-0.2, 0) is 6.54 Å². The first-order chi connectivity index (χ1) is 6.94. The maximum atomic E-state index is 5.93. The summed E-state index contributed by atoms with van der Waals surface area (Å²) in [5.74, 6) is 0. The average molecular weight is 291 g/mol. The molecule has 0 aliphatic carbocycles. The van der Waals surface area contributed by atoms with Gasteiger partial charge in [-0.25, -0.2) is 0 Å². The van der Waals surface area contributed by atoms with E-state index in [2.05, 4.69) is 48.1 Å². The smallest absolute Gasteiger partial charge is 0.0548 e. The molecule has 0 saturated carbocycles. The first kappa shape index (κ1) is 13.0. The van der Waals surface area contributed by atoms with Crippen LogP contribution in [0.4, 0.5) is 0 Å². The zero-order chi connectivity index (χ0) is 11.5. The normalized spacial score (nSPS) is 11.8. The van der Waals surface area contributed by atoms with Gasteiger partial charge < -0.3 is 5.32 Å². The third kappa shape index (κ3) is 4.13. The van der Waals surface area contributed by atoms with E-state index in [0.29, 0.717) is 0 Å². The Morgan fingerprint density at radius 3 is 2.60 bits per heavy atom. The Balaban J connectivity index is 2.62. The molecule has 0 fully saturated rings. The largest absolute Gasteiger partial charge is 0.308 e. The quantitative estimate of drug-likeness (QED) is 0.867. The maximum Gasteiger partial charge on any atom is 0.0548 e. The zero-order valence-corrected chi connectivity index (χ0v) is 11.7. The van der Waals surface area contributed by atoms with E-state index in [1.54, 1.807) is 0 Å². The summed E-state index contributed by atoms with van der Waals surface area (Å²) in [5, 5.41) is 4.27. The van der Waals surface area contributed by atoms with Crippen LogP contribution in [0.2, 0.25) is 5.02 Å². The highest BCUT2D eigenvalue weighted by Gasteiger charge is 2.13. The monoisotopic (exact) mass is 289 g/mol. The molecule has 0 radical (unpaired) electrons. The minimum absolute atomic E-state index is 0.187. The number of halogens is 2. The lowest BCUT2D eigenvalue weighted by Crippen LogP contribution is -2.37. The Hall–Kier alpha value is -0.0500. The van der Waals surface area contributed by atoms with Gasteiger partial charge in [0, 0.05) is 16.6 Å². The van der Waals surface area contributed by atoms with E-state index in [-0.39, 0.29) is 5.54 Å². The zero-order valence-electron chi connectivity index (χ0n) is 9.40. The van der Waals surface area contributed by atoms with Crippen molar-refractivity contribution in [2.24, 2.45) is 0 Å². The Bertz CT molecular complexity index is 336. The molecule has 0 bridgehead atoms. The fourth-order valence-electron chi connectivity index (χ4n) is 1.12. The number of hydrogen-bond acceptors (Lipinski definition) is 1. The molecular weight excluding hydrogens is 273 g/mol. The summed E-state index contributed by atoms with van der Waals surface area (Å²) in [5.41, 5.74) is 1.43. The molecule has 1 aromatic rings. The van der Waals surface area contributed by atoms with Gasteiger partial charge in [-0.15, -0.1) is 0 Å². The van der Waals surface area contributed by atoms with Crippen molar-refractivity contribution in [1.82, 2.24) is 5.32 Å². The third-order valence-corrected chi connectivity index (χ3v) is 3.85. The van der Waals surface area contributed by atoms with Gasteiger partial charge >= 0.3 is 0 Å². The van der Waals surface area contributed by atoms with Gasteiger partial charge in [0.05, 0.1) is 5.02 Å². The SMILES string of the molecule is CCC(C)(C)NCc1ccc(Cl)c(Br)c1. The van der Waals surface area contributed by atoms with Crippen molar-refractivity contribution in [3.8, 4) is 0 Å². The predicted octanol–water partition coefficient (Wildman–Crippen LogP) is 4.38. The van der Waals surface area contributed by atoms with E-state index in [0.717, 1.165) is 22.5 Å². The van der Waals surface area contributed by atoms with Gasteiger partial charge in [0.2, 0.25) is 0 Å². The van der Waals surface area contributed by atoms with Gasteiger partial charge in [-0.2, -0.15) is 0 Å². The maximum absolute atomic E-state index is 5.93. The van der Waals surface area contributed by atoms with Crippen molar-refractivity contribution in [3.63, 3.8) is 0 Å². The van der Waals surface area contributed by atoms with Crippen LogP contribution in [0.1, 0.15) is 32.8 Å². The molecule has 1 rings (SSSR count). The van der Waals surface area contributed by atoms with Crippen molar-refractivity contribution in [2.75, 3.05) is 0 Å². The molecular formula is C12H17BrClN. The van der Waals surface area contributed by atoms with Gasteiger partial charge in [0.1, 0.15) is 0 Å². The van der Waals surface area contributed by atoms with Crippen molar-refractivity contribution in [2.45, 2.75) is 39.3 Å². The summed E-state index contributed by atoms with van der Waals surface area (Å²) in [7, 11) is 0. The van der Waals surface area contributed by atoms with E-state index < -0.39 is 0 Å². The Labute approximate surface area is 105 Å². The fraction of sp³-hybridized carbons (Fsp3) is 0.500. The lowest BCUT2D eigenvalue weighted by atomic mass is 10.0. The van der Waals surface area contributed by atoms with Gasteiger partial charge in [-0.05, 0) is 53.9 Å². The van der Waals surface area contributed by atoms with Crippen molar-refractivity contribution in [3.05, 3.63) is 33.3 Å². The summed E-state index contributed by atoms with van der Waals surface area (Å²) in [6.07, 6.45) is 1.11. The Morgan fingerprint density at radius 1 is 1.40 bits per heavy atom. The van der Waals surface area contributed by atoms with Crippen LogP contribution in [0.3, 0.4) is 0 Å². The van der Waals surface area contributed by atoms with Crippen LogP contribution in [-0.4, -0.2) is 5.54 Å². The molecule has 3 heteroatoms. The molecule has 0 heterocycles. The Kier molecular flexibility index (Phi) is 4.63. The molecule has 0 saturated heterocycles. The molecule has 0 spiro atoms. The minimum Gasteiger partial charge on any atom is -0.308 e. The van der Waals surface area contributed by atoms with Crippen molar-refractivity contribution in [1.29, 1.82) is 0 Å². The van der Waals surface area contributed by atoms with Gasteiger partial charge in [-0.1, -0.05) is 24.6 Å². The molecule has 0 unspecified atom stereocenters. The minimum atomic E-state index is 0.187. The first-order valence-electron chi connectivity index (χ1n) is 5.13. The van der Waals surface area contributed by atoms with Gasteiger partial charge in [-0.3, -0.25) is 0 Å². The standard InChI is InChI=1S/C12H17BrClN/c1-4-12(2,3)15-8-9-5-6-11(14)10(13)7-9/h5-7,15H,4,8H2,1-3H3. The second kappa shape index (κ2) is 5.33. The second-order valence-corrected chi connectivity index (χ2v) is 5.60. The fourth-order valence-corrected chi connectivity index (χ4v) is 1.66. The van der Waals surface area contributed by atoms with Crippen LogP contribution in [0.25, 0.3) is 0 Å². The van der Waals surface area contributed by atoms with Gasteiger partial charge in [0.15, 0.2) is 0 Å². The molecule has 0 amide bonds. The lowest BCUT2D eigenvalue weighted by Gasteiger charge is -2.24. The van der Waals surface area contributed by atoms with Crippen LogP contribution >= 0.6 is 27.5 Å². The molecule has 0 aliphatic heterocycles. The average Bonchev–Trinajstić information content (AvgIpc) is 2.20. The summed E-state index contributed by atoms with van der Waals surface area (Å²) in [6.45, 7) is 7.47. The van der Waals surface area contributed by atoms with Crippen LogP contribution in [0.5, 0.6) is 0 Å². The predicted molar refractivity (Wildman–Crippen MR) is 70.4 cm³/mol. The highest BCUT2D eigenvalue weighted by Crippen LogP contribution is 2.23. The molecule has 1 nitrogen and oxygen atoms in total. The number of hydrogen-bond donors (Lipinski definition) is 1. The summed E-state index contributed by atoms with van der Waals surface area (Å²) in [4.78, 5) is 0. The number of nitrogens with one attached hydrogen (secondary N) is 1. The number of benzene rings is 1. The second-order valence-electron chi connectivity index (χ2n) is 4.34. The lowest BCUT2D eigenvalue weighted by molar-refractivity contribution is 0.374. The molecule has 0 aromatic heterocycles. The van der Waals surface area contributed by atoms with Crippen LogP contribution < -0.4 is 5.32 Å². The molecule has 1 N–H and O–H groups in total. The van der Waals surface area contributed by atoms with E-state index in [4.69, 9.17) is 11.6 Å². The third-order valence-electron chi connectivity index (χ3n) is 2.64. The van der Waals surface area contributed by atoms with E-state index in [1.807, 2.05) is 12.1 Å². The van der Waals surface area contributed by atoms with E-state index in [1.165, 1.54) is 5.56 Å². The Morgan fingerprint density at radius 2 is 2.07 bits per heavy atom. The summed E-state index contributed by atoms with van der Waals surface area (Å²) < 4.78 is 0.956. The van der Waals surface area contributed by atoms with Crippen LogP contribution in [0, 0.1) is 0 Å². The van der Waals surface area contributed by atoms with Gasteiger partial charge in [0.25, 0.3) is 0 Å². The van der Waals surface area contributed by atoms with E-state index >= 15 is 0 Å². The van der Waals surface area contributed by atoms with Crippen LogP contribution in [0.15, 0.2) is 22.7 Å². The summed E-state index contributed by atoms with van der Waals surface area (Å²) in [6, 6.07) is 6.02. The summed E-state index contributed by atoms with van der Waals surface area (Å²) >= 11 is 9.35. The highest BCUT2D eigenvalue weighted by molar-refractivity contribution is 9.10. The molecule has 1 aromatic carbocycles. The topological polar surface area (TPSA) is 12.0 Å². The molecule has 84 valence electrons.